The minimum absolute atomic E-state index is 0.0890. The number of benzene rings is 1. The molecule has 0 radical (unpaired) electrons. The molecule has 6 nitrogen and oxygen atoms in total. The molecule has 0 aliphatic rings. The summed E-state index contributed by atoms with van der Waals surface area (Å²) < 4.78 is 3.59. The van der Waals surface area contributed by atoms with Crippen molar-refractivity contribution in [1.82, 2.24) is 5.32 Å². The first-order valence-electron chi connectivity index (χ1n) is 8.01. The summed E-state index contributed by atoms with van der Waals surface area (Å²) in [6.45, 7) is 2.12. The minimum Gasteiger partial charge on any atom is -0.466 e. The maximum absolute atomic E-state index is 12.0. The van der Waals surface area contributed by atoms with Gasteiger partial charge >= 0.3 is 0 Å². The van der Waals surface area contributed by atoms with Crippen molar-refractivity contribution < 1.29 is 14.5 Å². The Morgan fingerprint density at radius 2 is 1.80 bits per heavy atom. The van der Waals surface area contributed by atoms with Crippen molar-refractivity contribution in [3.63, 3.8) is 0 Å². The lowest BCUT2D eigenvalue weighted by atomic mass is 10.1. The van der Waals surface area contributed by atoms with E-state index in [4.69, 9.17) is 39.5 Å². The van der Waals surface area contributed by atoms with Crippen LogP contribution in [0.1, 0.15) is 45.4 Å². The lowest BCUT2D eigenvalue weighted by Crippen LogP contribution is -2.47. The number of alkyl halides is 3. The number of non-ortho nitro benzene ring substituents is 1. The van der Waals surface area contributed by atoms with E-state index in [1.807, 2.05) is 0 Å². The molecular weight excluding hydrogens is 391 g/mol. The number of unbranched alkanes of at least 4 members (excludes halogenated alkanes) is 4. The lowest BCUT2D eigenvalue weighted by molar-refractivity contribution is -0.384. The average molecular weight is 412 g/mol. The molecule has 1 unspecified atom stereocenters. The van der Waals surface area contributed by atoms with Gasteiger partial charge in [0.1, 0.15) is 5.75 Å². The Morgan fingerprint density at radius 3 is 2.32 bits per heavy atom. The van der Waals surface area contributed by atoms with E-state index in [2.05, 4.69) is 12.2 Å². The number of nitrogens with one attached hydrogen (secondary N) is 1. The van der Waals surface area contributed by atoms with Gasteiger partial charge in [-0.3, -0.25) is 14.9 Å². The molecule has 25 heavy (non-hydrogen) atoms. The molecule has 140 valence electrons. The fourth-order valence-electron chi connectivity index (χ4n) is 2.07. The van der Waals surface area contributed by atoms with Crippen molar-refractivity contribution in [2.24, 2.45) is 0 Å². The first-order chi connectivity index (χ1) is 11.7. The fraction of sp³-hybridized carbons (Fsp3) is 0.562. The van der Waals surface area contributed by atoms with Crippen molar-refractivity contribution in [1.29, 1.82) is 0 Å². The Morgan fingerprint density at radius 1 is 1.20 bits per heavy atom. The molecular formula is C16H21Cl3N2O4. The van der Waals surface area contributed by atoms with Crippen molar-refractivity contribution in [2.75, 3.05) is 0 Å². The molecule has 9 heteroatoms. The summed E-state index contributed by atoms with van der Waals surface area (Å²) in [4.78, 5) is 22.1. The summed E-state index contributed by atoms with van der Waals surface area (Å²) in [7, 11) is 0. The zero-order chi connectivity index (χ0) is 18.9. The highest BCUT2D eigenvalue weighted by Gasteiger charge is 2.36. The number of halogens is 3. The maximum atomic E-state index is 12.0. The first kappa shape index (κ1) is 21.8. The van der Waals surface area contributed by atoms with Crippen LogP contribution in [0.15, 0.2) is 24.3 Å². The van der Waals surface area contributed by atoms with Crippen molar-refractivity contribution in [3.8, 4) is 5.75 Å². The normalized spacial score (nSPS) is 12.5. The second kappa shape index (κ2) is 10.7. The number of rotatable bonds is 10. The fourth-order valence-corrected chi connectivity index (χ4v) is 2.37. The molecule has 1 aromatic rings. The zero-order valence-electron chi connectivity index (χ0n) is 13.8. The number of carbonyl (C=O) groups is 1. The second-order valence-electron chi connectivity index (χ2n) is 5.52. The Hall–Kier alpha value is -1.24. The lowest BCUT2D eigenvalue weighted by Gasteiger charge is -2.26. The van der Waals surface area contributed by atoms with Crippen LogP contribution in [0.4, 0.5) is 5.69 Å². The minimum atomic E-state index is -1.89. The van der Waals surface area contributed by atoms with E-state index in [0.29, 0.717) is 6.42 Å². The highest BCUT2D eigenvalue weighted by atomic mass is 35.6. The van der Waals surface area contributed by atoms with Crippen LogP contribution in [0, 0.1) is 10.1 Å². The van der Waals surface area contributed by atoms with E-state index in [9.17, 15) is 14.9 Å². The maximum Gasteiger partial charge on any atom is 0.269 e. The van der Waals surface area contributed by atoms with Gasteiger partial charge in [-0.05, 0) is 18.6 Å². The molecule has 0 aromatic heterocycles. The molecule has 0 fully saturated rings. The van der Waals surface area contributed by atoms with Crippen LogP contribution in [0.5, 0.6) is 5.75 Å². The summed E-state index contributed by atoms with van der Waals surface area (Å²) >= 11 is 17.6. The Bertz CT molecular complexity index is 561. The largest absolute Gasteiger partial charge is 0.466 e. The predicted molar refractivity (Wildman–Crippen MR) is 99.3 cm³/mol. The van der Waals surface area contributed by atoms with Crippen LogP contribution in [-0.2, 0) is 4.79 Å². The van der Waals surface area contributed by atoms with Gasteiger partial charge in [-0.1, -0.05) is 67.4 Å². The van der Waals surface area contributed by atoms with Gasteiger partial charge in [0.25, 0.3) is 5.69 Å². The summed E-state index contributed by atoms with van der Waals surface area (Å²) in [5, 5.41) is 13.2. The number of ether oxygens (including phenoxy) is 1. The van der Waals surface area contributed by atoms with Crippen LogP contribution in [-0.4, -0.2) is 20.9 Å². The standard InChI is InChI=1S/C16H21Cl3N2O4/c1-2-3-4-5-6-7-14(22)20-15(16(17,18)19)25-13-10-8-12(9-11-13)21(23)24/h8-11,15H,2-7H2,1H3,(H,20,22). The Labute approximate surface area is 161 Å². The molecule has 0 aliphatic carbocycles. The third-order valence-electron chi connectivity index (χ3n) is 3.40. The van der Waals surface area contributed by atoms with Gasteiger partial charge in [0.2, 0.25) is 15.9 Å². The summed E-state index contributed by atoms with van der Waals surface area (Å²) in [6, 6.07) is 5.28. The van der Waals surface area contributed by atoms with E-state index in [0.717, 1.165) is 32.1 Å². The van der Waals surface area contributed by atoms with Gasteiger partial charge in [-0.25, -0.2) is 0 Å². The summed E-state index contributed by atoms with van der Waals surface area (Å²) in [5.41, 5.74) is -0.0890. The first-order valence-corrected chi connectivity index (χ1v) is 9.14. The zero-order valence-corrected chi connectivity index (χ0v) is 16.1. The average Bonchev–Trinajstić information content (AvgIpc) is 2.53. The van der Waals surface area contributed by atoms with Crippen molar-refractivity contribution in [3.05, 3.63) is 34.4 Å². The molecule has 1 rings (SSSR count). The van der Waals surface area contributed by atoms with E-state index in [1.54, 1.807) is 0 Å². The molecule has 0 spiro atoms. The van der Waals surface area contributed by atoms with E-state index < -0.39 is 14.9 Å². The van der Waals surface area contributed by atoms with Gasteiger partial charge in [-0.15, -0.1) is 0 Å². The molecule has 0 saturated carbocycles. The van der Waals surface area contributed by atoms with Crippen molar-refractivity contribution >= 4 is 46.4 Å². The smallest absolute Gasteiger partial charge is 0.269 e. The number of nitrogens with zero attached hydrogens (tertiary/aromatic N) is 1. The molecule has 1 atom stereocenters. The van der Waals surface area contributed by atoms with E-state index in [1.165, 1.54) is 24.3 Å². The predicted octanol–water partition coefficient (Wildman–Crippen LogP) is 5.15. The van der Waals surface area contributed by atoms with Gasteiger partial charge < -0.3 is 10.1 Å². The number of nitro groups is 1. The molecule has 0 aliphatic heterocycles. The number of hydrogen-bond donors (Lipinski definition) is 1. The van der Waals surface area contributed by atoms with Crippen LogP contribution in [0.25, 0.3) is 0 Å². The highest BCUT2D eigenvalue weighted by molar-refractivity contribution is 6.68. The molecule has 0 heterocycles. The Kier molecular flexibility index (Phi) is 9.32. The van der Waals surface area contributed by atoms with E-state index >= 15 is 0 Å². The van der Waals surface area contributed by atoms with Gasteiger partial charge in [0.05, 0.1) is 4.92 Å². The second-order valence-corrected chi connectivity index (χ2v) is 7.89. The van der Waals surface area contributed by atoms with Crippen molar-refractivity contribution in [2.45, 2.75) is 55.5 Å². The summed E-state index contributed by atoms with van der Waals surface area (Å²) in [6.07, 6.45) is 4.16. The van der Waals surface area contributed by atoms with Gasteiger partial charge in [0, 0.05) is 18.6 Å². The Balaban J connectivity index is 2.59. The van der Waals surface area contributed by atoms with Gasteiger partial charge in [-0.2, -0.15) is 0 Å². The molecule has 1 aromatic carbocycles. The van der Waals surface area contributed by atoms with E-state index in [-0.39, 0.29) is 17.3 Å². The molecule has 0 bridgehead atoms. The number of nitro benzene ring substituents is 1. The number of amides is 1. The third kappa shape index (κ3) is 8.61. The quantitative estimate of drug-likeness (QED) is 0.190. The monoisotopic (exact) mass is 410 g/mol. The van der Waals surface area contributed by atoms with Gasteiger partial charge in [0.15, 0.2) is 0 Å². The van der Waals surface area contributed by atoms with Crippen LogP contribution in [0.3, 0.4) is 0 Å². The van der Waals surface area contributed by atoms with Crippen LogP contribution < -0.4 is 10.1 Å². The highest BCUT2D eigenvalue weighted by Crippen LogP contribution is 2.32. The van der Waals surface area contributed by atoms with Crippen LogP contribution in [0.2, 0.25) is 0 Å². The topological polar surface area (TPSA) is 81.5 Å². The third-order valence-corrected chi connectivity index (χ3v) is 3.99. The summed E-state index contributed by atoms with van der Waals surface area (Å²) in [5.74, 6) is -0.0418. The number of hydrogen-bond acceptors (Lipinski definition) is 4. The number of carbonyl (C=O) groups excluding carboxylic acids is 1. The molecule has 1 N–H and O–H groups in total. The molecule has 0 saturated heterocycles. The SMILES string of the molecule is CCCCCCCC(=O)NC(Oc1ccc([N+](=O)[O-])cc1)C(Cl)(Cl)Cl. The van der Waals surface area contributed by atoms with Crippen LogP contribution >= 0.6 is 34.8 Å². The molecule has 1 amide bonds.